The van der Waals surface area contributed by atoms with Crippen LogP contribution in [-0.2, 0) is 9.63 Å². The first-order chi connectivity index (χ1) is 10.6. The van der Waals surface area contributed by atoms with Crippen LogP contribution < -0.4 is 5.48 Å². The fraction of sp³-hybridized carbons (Fsp3) is 0.625. The summed E-state index contributed by atoms with van der Waals surface area (Å²) in [4.78, 5) is 29.5. The van der Waals surface area contributed by atoms with Crippen LogP contribution in [0.4, 0.5) is 0 Å². The molecule has 6 heteroatoms. The molecule has 2 saturated carbocycles. The molecule has 0 aromatic carbocycles. The van der Waals surface area contributed by atoms with E-state index in [9.17, 15) is 9.59 Å². The van der Waals surface area contributed by atoms with Gasteiger partial charge in [-0.05, 0) is 43.6 Å². The first-order valence-corrected chi connectivity index (χ1v) is 8.80. The molecule has 0 bridgehead atoms. The number of rotatable bonds is 6. The number of aliphatic carboxylic acids is 1. The number of thiophene rings is 1. The molecule has 22 heavy (non-hydrogen) atoms. The van der Waals surface area contributed by atoms with Crippen LogP contribution in [0.3, 0.4) is 0 Å². The van der Waals surface area contributed by atoms with Crippen molar-refractivity contribution in [3.8, 4) is 0 Å². The number of carboxylic acid groups (broad SMARTS) is 1. The number of hydrogen-bond donors (Lipinski definition) is 2. The quantitative estimate of drug-likeness (QED) is 0.788. The molecule has 2 aliphatic carbocycles. The molecule has 0 spiro atoms. The topological polar surface area (TPSA) is 75.6 Å². The molecule has 3 rings (SSSR count). The van der Waals surface area contributed by atoms with Gasteiger partial charge in [0.2, 0.25) is 0 Å². The Morgan fingerprint density at radius 3 is 2.59 bits per heavy atom. The predicted molar refractivity (Wildman–Crippen MR) is 82.8 cm³/mol. The molecule has 5 nitrogen and oxygen atoms in total. The molecule has 0 saturated heterocycles. The average molecular weight is 323 g/mol. The average Bonchev–Trinajstić information content (AvgIpc) is 3.23. The lowest BCUT2D eigenvalue weighted by Crippen LogP contribution is -2.35. The Morgan fingerprint density at radius 1 is 1.23 bits per heavy atom. The van der Waals surface area contributed by atoms with E-state index in [0.29, 0.717) is 11.5 Å². The Kier molecular flexibility index (Phi) is 4.78. The summed E-state index contributed by atoms with van der Waals surface area (Å²) in [5.74, 6) is -0.779. The van der Waals surface area contributed by atoms with Gasteiger partial charge >= 0.3 is 5.97 Å². The summed E-state index contributed by atoms with van der Waals surface area (Å²) in [6, 6.07) is 1.92. The van der Waals surface area contributed by atoms with E-state index in [4.69, 9.17) is 9.94 Å². The number of carbonyl (C=O) groups excluding carboxylic acids is 1. The van der Waals surface area contributed by atoms with E-state index in [0.717, 1.165) is 12.8 Å². The SMILES string of the molecule is O=C(NOC(C(=O)O)C1CC1)c1csc(C2CCCCC2)c1. The molecule has 1 unspecified atom stereocenters. The summed E-state index contributed by atoms with van der Waals surface area (Å²) < 4.78 is 0. The van der Waals surface area contributed by atoms with Gasteiger partial charge in [0.15, 0.2) is 6.10 Å². The number of nitrogens with one attached hydrogen (secondary N) is 1. The fourth-order valence-electron chi connectivity index (χ4n) is 3.00. The minimum Gasteiger partial charge on any atom is -0.479 e. The van der Waals surface area contributed by atoms with Gasteiger partial charge in [-0.15, -0.1) is 11.3 Å². The molecule has 0 radical (unpaired) electrons. The van der Waals surface area contributed by atoms with Gasteiger partial charge in [-0.3, -0.25) is 9.63 Å². The van der Waals surface area contributed by atoms with Crippen LogP contribution in [0, 0.1) is 5.92 Å². The summed E-state index contributed by atoms with van der Waals surface area (Å²) in [5, 5.41) is 10.9. The van der Waals surface area contributed by atoms with Gasteiger partial charge in [0.25, 0.3) is 5.91 Å². The third-order valence-corrected chi connectivity index (χ3v) is 5.56. The van der Waals surface area contributed by atoms with Crippen LogP contribution in [0.5, 0.6) is 0 Å². The zero-order chi connectivity index (χ0) is 15.5. The number of carbonyl (C=O) groups is 2. The van der Waals surface area contributed by atoms with Gasteiger partial charge in [-0.25, -0.2) is 10.3 Å². The third-order valence-electron chi connectivity index (χ3n) is 4.46. The summed E-state index contributed by atoms with van der Waals surface area (Å²) in [6.07, 6.45) is 6.97. The molecular weight excluding hydrogens is 302 g/mol. The zero-order valence-electron chi connectivity index (χ0n) is 12.4. The highest BCUT2D eigenvalue weighted by Crippen LogP contribution is 2.36. The fourth-order valence-corrected chi connectivity index (χ4v) is 4.06. The zero-order valence-corrected chi connectivity index (χ0v) is 13.2. The Labute approximate surface area is 133 Å². The maximum absolute atomic E-state index is 12.1. The van der Waals surface area contributed by atoms with Crippen molar-refractivity contribution in [1.29, 1.82) is 0 Å². The maximum atomic E-state index is 12.1. The summed E-state index contributed by atoms with van der Waals surface area (Å²) >= 11 is 1.61. The summed E-state index contributed by atoms with van der Waals surface area (Å²) in [7, 11) is 0. The highest BCUT2D eigenvalue weighted by molar-refractivity contribution is 7.10. The summed E-state index contributed by atoms with van der Waals surface area (Å²) in [6.45, 7) is 0. The van der Waals surface area contributed by atoms with Crippen molar-refractivity contribution < 1.29 is 19.5 Å². The molecular formula is C16H21NO4S. The lowest BCUT2D eigenvalue weighted by molar-refractivity contribution is -0.155. The molecule has 1 aromatic rings. The monoisotopic (exact) mass is 323 g/mol. The van der Waals surface area contributed by atoms with Crippen molar-refractivity contribution in [2.45, 2.75) is 57.0 Å². The minimum absolute atomic E-state index is 0.0260. The van der Waals surface area contributed by atoms with Gasteiger partial charge in [0, 0.05) is 10.3 Å². The second kappa shape index (κ2) is 6.79. The van der Waals surface area contributed by atoms with Crippen LogP contribution in [0.25, 0.3) is 0 Å². The maximum Gasteiger partial charge on any atom is 0.335 e. The van der Waals surface area contributed by atoms with E-state index in [1.807, 2.05) is 11.4 Å². The van der Waals surface area contributed by atoms with E-state index in [-0.39, 0.29) is 11.8 Å². The first-order valence-electron chi connectivity index (χ1n) is 7.92. The largest absolute Gasteiger partial charge is 0.479 e. The Morgan fingerprint density at radius 2 is 1.95 bits per heavy atom. The lowest BCUT2D eigenvalue weighted by atomic mass is 9.88. The van der Waals surface area contributed by atoms with Crippen LogP contribution in [0.2, 0.25) is 0 Å². The van der Waals surface area contributed by atoms with Gasteiger partial charge in [0.05, 0.1) is 5.56 Å². The van der Waals surface area contributed by atoms with E-state index in [1.165, 1.54) is 37.0 Å². The minimum atomic E-state index is -1.02. The molecule has 2 fully saturated rings. The van der Waals surface area contributed by atoms with Crippen molar-refractivity contribution in [2.24, 2.45) is 5.92 Å². The molecule has 1 amide bonds. The van der Waals surface area contributed by atoms with Crippen LogP contribution in [0.1, 0.15) is 66.1 Å². The van der Waals surface area contributed by atoms with Gasteiger partial charge < -0.3 is 5.11 Å². The number of carboxylic acids is 1. The van der Waals surface area contributed by atoms with Gasteiger partial charge in [0.1, 0.15) is 0 Å². The van der Waals surface area contributed by atoms with Crippen molar-refractivity contribution in [1.82, 2.24) is 5.48 Å². The molecule has 0 aliphatic heterocycles. The second-order valence-corrected chi connectivity index (χ2v) is 7.16. The van der Waals surface area contributed by atoms with Crippen LogP contribution >= 0.6 is 11.3 Å². The summed E-state index contributed by atoms with van der Waals surface area (Å²) in [5.41, 5.74) is 2.87. The molecule has 2 aliphatic rings. The number of hydroxylamine groups is 1. The Balaban J connectivity index is 1.55. The number of hydrogen-bond acceptors (Lipinski definition) is 4. The molecule has 2 N–H and O–H groups in total. The van der Waals surface area contributed by atoms with Crippen molar-refractivity contribution in [3.05, 3.63) is 21.9 Å². The van der Waals surface area contributed by atoms with Gasteiger partial charge in [-0.2, -0.15) is 0 Å². The highest BCUT2D eigenvalue weighted by Gasteiger charge is 2.38. The Hall–Kier alpha value is -1.40. The third kappa shape index (κ3) is 3.67. The van der Waals surface area contributed by atoms with Crippen LogP contribution in [0.15, 0.2) is 11.4 Å². The molecule has 120 valence electrons. The predicted octanol–water partition coefficient (Wildman–Crippen LogP) is 3.32. The van der Waals surface area contributed by atoms with Crippen molar-refractivity contribution >= 4 is 23.2 Å². The van der Waals surface area contributed by atoms with E-state index in [1.54, 1.807) is 11.3 Å². The van der Waals surface area contributed by atoms with E-state index in [2.05, 4.69) is 5.48 Å². The molecule has 1 aromatic heterocycles. The molecule has 1 heterocycles. The number of amides is 1. The molecule has 1 atom stereocenters. The van der Waals surface area contributed by atoms with Crippen molar-refractivity contribution in [2.75, 3.05) is 0 Å². The van der Waals surface area contributed by atoms with Crippen molar-refractivity contribution in [3.63, 3.8) is 0 Å². The lowest BCUT2D eigenvalue weighted by Gasteiger charge is -2.19. The van der Waals surface area contributed by atoms with E-state index >= 15 is 0 Å². The standard InChI is InChI=1S/C16H21NO4S/c18-15(17-21-14(16(19)20)11-6-7-11)12-8-13(22-9-12)10-4-2-1-3-5-10/h8-11,14H,1-7H2,(H,17,18)(H,19,20). The first kappa shape index (κ1) is 15.5. The smallest absolute Gasteiger partial charge is 0.335 e. The Bertz CT molecular complexity index is 546. The van der Waals surface area contributed by atoms with Crippen LogP contribution in [-0.4, -0.2) is 23.1 Å². The van der Waals surface area contributed by atoms with Gasteiger partial charge in [-0.1, -0.05) is 19.3 Å². The van der Waals surface area contributed by atoms with E-state index < -0.39 is 12.1 Å². The normalized spacial score (nSPS) is 20.5. The second-order valence-electron chi connectivity index (χ2n) is 6.22. The highest BCUT2D eigenvalue weighted by atomic mass is 32.1.